The van der Waals surface area contributed by atoms with Crippen LogP contribution in [0.15, 0.2) is 30.3 Å². The first-order chi connectivity index (χ1) is 11.0. The summed E-state index contributed by atoms with van der Waals surface area (Å²) in [5.74, 6) is 0.364. The number of fused-ring (bicyclic) bond motifs is 1. The number of halogens is 3. The number of hydrogen-bond donors (Lipinski definition) is 1. The van der Waals surface area contributed by atoms with Gasteiger partial charge in [0, 0.05) is 35.1 Å². The molecule has 1 unspecified atom stereocenters. The molecule has 1 atom stereocenters. The standard InChI is InChI=1S/C18H16Cl2FNO/c19-14-2-1-3-15(20)16(14)13-8-11(21)6-10-7-12(23-17(10)13)9-18(22)4-5-18/h1-3,6,8,12H,4-5,7,9,22H2. The Hall–Kier alpha value is -1.29. The molecule has 1 fully saturated rings. The van der Waals surface area contributed by atoms with Gasteiger partial charge in [0.1, 0.15) is 17.7 Å². The van der Waals surface area contributed by atoms with Gasteiger partial charge in [-0.1, -0.05) is 29.3 Å². The van der Waals surface area contributed by atoms with E-state index in [2.05, 4.69) is 0 Å². The summed E-state index contributed by atoms with van der Waals surface area (Å²) in [4.78, 5) is 0. The van der Waals surface area contributed by atoms with Gasteiger partial charge in [0.05, 0.1) is 10.0 Å². The minimum atomic E-state index is -0.312. The van der Waals surface area contributed by atoms with Crippen molar-refractivity contribution >= 4 is 23.2 Å². The van der Waals surface area contributed by atoms with Crippen LogP contribution in [0.4, 0.5) is 4.39 Å². The number of benzene rings is 2. The Labute approximate surface area is 144 Å². The van der Waals surface area contributed by atoms with E-state index in [9.17, 15) is 4.39 Å². The van der Waals surface area contributed by atoms with Gasteiger partial charge in [-0.25, -0.2) is 4.39 Å². The number of rotatable bonds is 3. The molecule has 0 bridgehead atoms. The lowest BCUT2D eigenvalue weighted by atomic mass is 9.98. The van der Waals surface area contributed by atoms with Crippen LogP contribution < -0.4 is 10.5 Å². The molecule has 0 amide bonds. The van der Waals surface area contributed by atoms with E-state index >= 15 is 0 Å². The second-order valence-corrected chi connectivity index (χ2v) is 7.36. The van der Waals surface area contributed by atoms with Crippen LogP contribution in [-0.2, 0) is 6.42 Å². The van der Waals surface area contributed by atoms with Crippen molar-refractivity contribution < 1.29 is 9.13 Å². The van der Waals surface area contributed by atoms with E-state index in [0.29, 0.717) is 33.3 Å². The molecule has 0 radical (unpaired) electrons. The zero-order chi connectivity index (χ0) is 16.2. The van der Waals surface area contributed by atoms with E-state index in [1.54, 1.807) is 18.2 Å². The third-order valence-corrected chi connectivity index (χ3v) is 5.25. The predicted molar refractivity (Wildman–Crippen MR) is 90.7 cm³/mol. The van der Waals surface area contributed by atoms with Crippen molar-refractivity contribution in [2.75, 3.05) is 0 Å². The van der Waals surface area contributed by atoms with Crippen LogP contribution in [0.25, 0.3) is 11.1 Å². The van der Waals surface area contributed by atoms with E-state index in [1.165, 1.54) is 12.1 Å². The topological polar surface area (TPSA) is 35.2 Å². The number of hydrogen-bond acceptors (Lipinski definition) is 2. The summed E-state index contributed by atoms with van der Waals surface area (Å²) in [5, 5.41) is 0.963. The summed E-state index contributed by atoms with van der Waals surface area (Å²) >= 11 is 12.6. The molecule has 2 aromatic carbocycles. The molecule has 120 valence electrons. The molecule has 0 aromatic heterocycles. The molecule has 2 nitrogen and oxygen atoms in total. The molecule has 0 spiro atoms. The molecular weight excluding hydrogens is 336 g/mol. The van der Waals surface area contributed by atoms with Gasteiger partial charge in [-0.15, -0.1) is 0 Å². The third kappa shape index (κ3) is 2.82. The highest BCUT2D eigenvalue weighted by Gasteiger charge is 2.42. The highest BCUT2D eigenvalue weighted by Crippen LogP contribution is 2.47. The van der Waals surface area contributed by atoms with Gasteiger partial charge in [0.2, 0.25) is 0 Å². The fraction of sp³-hybridized carbons (Fsp3) is 0.333. The summed E-state index contributed by atoms with van der Waals surface area (Å²) in [5.41, 5.74) is 8.16. The number of ether oxygens (including phenoxy) is 1. The lowest BCUT2D eigenvalue weighted by molar-refractivity contribution is 0.207. The molecule has 1 aliphatic carbocycles. The molecular formula is C18H16Cl2FNO. The van der Waals surface area contributed by atoms with Crippen LogP contribution in [-0.4, -0.2) is 11.6 Å². The molecule has 1 aliphatic heterocycles. The second kappa shape index (κ2) is 5.37. The van der Waals surface area contributed by atoms with Gasteiger partial charge in [0.15, 0.2) is 0 Å². The maximum Gasteiger partial charge on any atom is 0.131 e. The van der Waals surface area contributed by atoms with Crippen LogP contribution >= 0.6 is 23.2 Å². The summed E-state index contributed by atoms with van der Waals surface area (Å²) in [6.45, 7) is 0. The highest BCUT2D eigenvalue weighted by molar-refractivity contribution is 6.39. The Bertz CT molecular complexity index is 769. The van der Waals surface area contributed by atoms with Crippen LogP contribution in [0.3, 0.4) is 0 Å². The highest BCUT2D eigenvalue weighted by atomic mass is 35.5. The molecule has 2 aliphatic rings. The van der Waals surface area contributed by atoms with Crippen molar-refractivity contribution in [3.05, 3.63) is 51.8 Å². The van der Waals surface area contributed by atoms with Crippen molar-refractivity contribution in [1.29, 1.82) is 0 Å². The van der Waals surface area contributed by atoms with Crippen LogP contribution in [0.2, 0.25) is 10.0 Å². The first-order valence-corrected chi connectivity index (χ1v) is 8.43. The Morgan fingerprint density at radius 3 is 2.57 bits per heavy atom. The molecule has 2 aromatic rings. The number of nitrogens with two attached hydrogens (primary N) is 1. The lowest BCUT2D eigenvalue weighted by Crippen LogP contribution is -2.30. The summed E-state index contributed by atoms with van der Waals surface area (Å²) < 4.78 is 20.2. The Balaban J connectivity index is 1.76. The quantitative estimate of drug-likeness (QED) is 0.845. The van der Waals surface area contributed by atoms with Gasteiger partial charge in [-0.3, -0.25) is 0 Å². The van der Waals surface area contributed by atoms with Crippen LogP contribution in [0.1, 0.15) is 24.8 Å². The maximum atomic E-state index is 14.1. The van der Waals surface area contributed by atoms with Gasteiger partial charge < -0.3 is 10.5 Å². The van der Waals surface area contributed by atoms with Crippen molar-refractivity contribution in [2.24, 2.45) is 5.73 Å². The fourth-order valence-electron chi connectivity index (χ4n) is 3.27. The first kappa shape index (κ1) is 15.3. The van der Waals surface area contributed by atoms with Crippen molar-refractivity contribution in [1.82, 2.24) is 0 Å². The molecule has 0 saturated heterocycles. The van der Waals surface area contributed by atoms with Gasteiger partial charge >= 0.3 is 0 Å². The monoisotopic (exact) mass is 351 g/mol. The summed E-state index contributed by atoms with van der Waals surface area (Å²) in [7, 11) is 0. The minimum absolute atomic E-state index is 0.0145. The van der Waals surface area contributed by atoms with Gasteiger partial charge in [-0.2, -0.15) is 0 Å². The van der Waals surface area contributed by atoms with Gasteiger partial charge in [0.25, 0.3) is 0 Å². The molecule has 1 heterocycles. The van der Waals surface area contributed by atoms with Crippen molar-refractivity contribution in [3.8, 4) is 16.9 Å². The van der Waals surface area contributed by atoms with Crippen molar-refractivity contribution in [2.45, 2.75) is 37.3 Å². The normalized spacial score (nSPS) is 21.0. The van der Waals surface area contributed by atoms with E-state index in [-0.39, 0.29) is 17.5 Å². The van der Waals surface area contributed by atoms with E-state index in [1.807, 2.05) is 0 Å². The SMILES string of the molecule is NC1(CC2Cc3cc(F)cc(-c4c(Cl)cccc4Cl)c3O2)CC1. The minimum Gasteiger partial charge on any atom is -0.489 e. The lowest BCUT2D eigenvalue weighted by Gasteiger charge is -2.17. The smallest absolute Gasteiger partial charge is 0.131 e. The van der Waals surface area contributed by atoms with Crippen molar-refractivity contribution in [3.63, 3.8) is 0 Å². The zero-order valence-corrected chi connectivity index (χ0v) is 13.9. The zero-order valence-electron chi connectivity index (χ0n) is 12.4. The van der Waals surface area contributed by atoms with Crippen LogP contribution in [0.5, 0.6) is 5.75 Å². The average molecular weight is 352 g/mol. The predicted octanol–water partition coefficient (Wildman–Crippen LogP) is 4.98. The molecule has 1 saturated carbocycles. The Kier molecular flexibility index (Phi) is 3.56. The second-order valence-electron chi connectivity index (χ2n) is 6.55. The third-order valence-electron chi connectivity index (χ3n) is 4.62. The fourth-order valence-corrected chi connectivity index (χ4v) is 3.87. The summed E-state index contributed by atoms with van der Waals surface area (Å²) in [6.07, 6.45) is 3.50. The molecule has 2 N–H and O–H groups in total. The molecule has 5 heteroatoms. The van der Waals surface area contributed by atoms with E-state index in [4.69, 9.17) is 33.7 Å². The Morgan fingerprint density at radius 2 is 1.91 bits per heavy atom. The first-order valence-electron chi connectivity index (χ1n) is 7.67. The largest absolute Gasteiger partial charge is 0.489 e. The van der Waals surface area contributed by atoms with E-state index in [0.717, 1.165) is 24.8 Å². The molecule has 4 rings (SSSR count). The van der Waals surface area contributed by atoms with Gasteiger partial charge in [-0.05, 0) is 37.1 Å². The van der Waals surface area contributed by atoms with Crippen LogP contribution in [0, 0.1) is 5.82 Å². The average Bonchev–Trinajstić information content (AvgIpc) is 3.05. The maximum absolute atomic E-state index is 14.1. The summed E-state index contributed by atoms with van der Waals surface area (Å²) in [6, 6.07) is 8.21. The van der Waals surface area contributed by atoms with E-state index < -0.39 is 0 Å². The Morgan fingerprint density at radius 1 is 1.22 bits per heavy atom. The molecule has 23 heavy (non-hydrogen) atoms.